The number of nitrogens with one attached hydrogen (secondary N) is 1. The van der Waals surface area contributed by atoms with Crippen molar-refractivity contribution >= 4 is 11.8 Å². The molecule has 0 fully saturated rings. The minimum atomic E-state index is -0.378. The van der Waals surface area contributed by atoms with E-state index < -0.39 is 0 Å². The number of carbonyl (C=O) groups is 1. The van der Waals surface area contributed by atoms with E-state index >= 15 is 0 Å². The topological polar surface area (TPSA) is 77.2 Å². The maximum absolute atomic E-state index is 11.6. The summed E-state index contributed by atoms with van der Waals surface area (Å²) >= 11 is 0. The molecule has 0 aliphatic carbocycles. The van der Waals surface area contributed by atoms with Crippen molar-refractivity contribution in [2.45, 2.75) is 40.2 Å². The predicted molar refractivity (Wildman–Crippen MR) is 82.9 cm³/mol. The van der Waals surface area contributed by atoms with E-state index in [-0.39, 0.29) is 5.97 Å². The van der Waals surface area contributed by atoms with E-state index in [2.05, 4.69) is 15.5 Å². The van der Waals surface area contributed by atoms with E-state index in [1.165, 1.54) is 7.11 Å². The molecular formula is C16H21N3O3. The highest BCUT2D eigenvalue weighted by Gasteiger charge is 2.14. The van der Waals surface area contributed by atoms with Crippen LogP contribution in [0.25, 0.3) is 0 Å². The van der Waals surface area contributed by atoms with Crippen LogP contribution in [0.5, 0.6) is 0 Å². The Bertz CT molecular complexity index is 643. The minimum absolute atomic E-state index is 0.378. The average molecular weight is 303 g/mol. The Kier molecular flexibility index (Phi) is 5.14. The SMILES string of the molecule is CCc1noc(CC)c1CNc1ccc(C(=O)OC)c(C)n1. The van der Waals surface area contributed by atoms with Gasteiger partial charge in [-0.05, 0) is 25.5 Å². The van der Waals surface area contributed by atoms with Crippen LogP contribution in [0.4, 0.5) is 5.82 Å². The Morgan fingerprint density at radius 3 is 2.68 bits per heavy atom. The fourth-order valence-electron chi connectivity index (χ4n) is 2.30. The van der Waals surface area contributed by atoms with Crippen LogP contribution in [0.1, 0.15) is 46.9 Å². The molecule has 6 heteroatoms. The molecule has 0 aliphatic heterocycles. The number of hydrogen-bond acceptors (Lipinski definition) is 6. The summed E-state index contributed by atoms with van der Waals surface area (Å²) in [5.74, 6) is 1.22. The van der Waals surface area contributed by atoms with Crippen LogP contribution in [-0.2, 0) is 24.1 Å². The summed E-state index contributed by atoms with van der Waals surface area (Å²) in [5.41, 5.74) is 3.16. The van der Waals surface area contributed by atoms with Gasteiger partial charge in [-0.3, -0.25) is 0 Å². The quantitative estimate of drug-likeness (QED) is 0.827. The maximum atomic E-state index is 11.6. The fraction of sp³-hybridized carbons (Fsp3) is 0.438. The van der Waals surface area contributed by atoms with Gasteiger partial charge in [-0.25, -0.2) is 9.78 Å². The molecule has 22 heavy (non-hydrogen) atoms. The summed E-state index contributed by atoms with van der Waals surface area (Å²) in [6, 6.07) is 3.48. The second kappa shape index (κ2) is 7.06. The molecule has 2 heterocycles. The Balaban J connectivity index is 2.14. The number of ether oxygens (including phenoxy) is 1. The van der Waals surface area contributed by atoms with E-state index in [0.717, 1.165) is 29.9 Å². The first kappa shape index (κ1) is 16.0. The summed E-state index contributed by atoms with van der Waals surface area (Å²) < 4.78 is 10.1. The first-order valence-corrected chi connectivity index (χ1v) is 7.36. The molecule has 2 aromatic heterocycles. The molecule has 0 saturated heterocycles. The highest BCUT2D eigenvalue weighted by molar-refractivity contribution is 5.90. The number of aryl methyl sites for hydroxylation is 3. The first-order chi connectivity index (χ1) is 10.6. The lowest BCUT2D eigenvalue weighted by Gasteiger charge is -2.09. The molecule has 0 saturated carbocycles. The van der Waals surface area contributed by atoms with Gasteiger partial charge >= 0.3 is 5.97 Å². The molecule has 118 valence electrons. The molecule has 6 nitrogen and oxygen atoms in total. The zero-order chi connectivity index (χ0) is 16.1. The third-order valence-corrected chi connectivity index (χ3v) is 3.54. The number of anilines is 1. The van der Waals surface area contributed by atoms with Crippen LogP contribution < -0.4 is 5.32 Å². The molecule has 0 spiro atoms. The number of pyridine rings is 1. The summed E-state index contributed by atoms with van der Waals surface area (Å²) in [4.78, 5) is 15.9. The standard InChI is InChI=1S/C16H21N3O3/c1-5-13-12(14(6-2)22-19-13)9-17-15-8-7-11(10(3)18-15)16(20)21-4/h7-8H,5-6,9H2,1-4H3,(H,17,18). The number of rotatable bonds is 6. The monoisotopic (exact) mass is 303 g/mol. The van der Waals surface area contributed by atoms with Gasteiger partial charge in [-0.1, -0.05) is 19.0 Å². The predicted octanol–water partition coefficient (Wildman–Crippen LogP) is 2.90. The van der Waals surface area contributed by atoms with Gasteiger partial charge < -0.3 is 14.6 Å². The maximum Gasteiger partial charge on any atom is 0.339 e. The zero-order valence-corrected chi connectivity index (χ0v) is 13.4. The van der Waals surface area contributed by atoms with Crippen molar-refractivity contribution in [3.05, 3.63) is 40.4 Å². The summed E-state index contributed by atoms with van der Waals surface area (Å²) in [7, 11) is 1.36. The molecule has 0 bridgehead atoms. The lowest BCUT2D eigenvalue weighted by molar-refractivity contribution is 0.0599. The number of nitrogens with zero attached hydrogens (tertiary/aromatic N) is 2. The first-order valence-electron chi connectivity index (χ1n) is 7.36. The van der Waals surface area contributed by atoms with Crippen LogP contribution in [0, 0.1) is 6.92 Å². The zero-order valence-electron chi connectivity index (χ0n) is 13.4. The van der Waals surface area contributed by atoms with Crippen molar-refractivity contribution in [2.75, 3.05) is 12.4 Å². The molecule has 0 unspecified atom stereocenters. The van der Waals surface area contributed by atoms with Crippen LogP contribution in [0.15, 0.2) is 16.7 Å². The molecule has 2 rings (SSSR count). The Morgan fingerprint density at radius 1 is 1.32 bits per heavy atom. The highest BCUT2D eigenvalue weighted by Crippen LogP contribution is 2.18. The van der Waals surface area contributed by atoms with Crippen LogP contribution in [0.2, 0.25) is 0 Å². The molecule has 0 amide bonds. The van der Waals surface area contributed by atoms with Gasteiger partial charge in [0.1, 0.15) is 11.6 Å². The molecule has 1 N–H and O–H groups in total. The lowest BCUT2D eigenvalue weighted by Crippen LogP contribution is -2.09. The van der Waals surface area contributed by atoms with Crippen LogP contribution in [0.3, 0.4) is 0 Å². The van der Waals surface area contributed by atoms with E-state index in [4.69, 9.17) is 9.26 Å². The van der Waals surface area contributed by atoms with Gasteiger partial charge in [-0.15, -0.1) is 0 Å². The third-order valence-electron chi connectivity index (χ3n) is 3.54. The highest BCUT2D eigenvalue weighted by atomic mass is 16.5. The summed E-state index contributed by atoms with van der Waals surface area (Å²) in [6.45, 7) is 6.47. The Hall–Kier alpha value is -2.37. The number of hydrogen-bond donors (Lipinski definition) is 1. The number of aromatic nitrogens is 2. The van der Waals surface area contributed by atoms with E-state index in [1.807, 2.05) is 13.8 Å². The fourth-order valence-corrected chi connectivity index (χ4v) is 2.30. The van der Waals surface area contributed by atoms with Crippen molar-refractivity contribution in [3.63, 3.8) is 0 Å². The second-order valence-electron chi connectivity index (χ2n) is 4.91. The molecule has 0 atom stereocenters. The van der Waals surface area contributed by atoms with Crippen molar-refractivity contribution in [2.24, 2.45) is 0 Å². The van der Waals surface area contributed by atoms with Crippen LogP contribution >= 0.6 is 0 Å². The van der Waals surface area contributed by atoms with E-state index in [9.17, 15) is 4.79 Å². The van der Waals surface area contributed by atoms with Gasteiger partial charge in [0.25, 0.3) is 0 Å². The smallest absolute Gasteiger partial charge is 0.339 e. The Labute approximate surface area is 129 Å². The molecule has 0 radical (unpaired) electrons. The van der Waals surface area contributed by atoms with Gasteiger partial charge in [0, 0.05) is 18.5 Å². The normalized spacial score (nSPS) is 10.5. The van der Waals surface area contributed by atoms with Crippen molar-refractivity contribution in [1.82, 2.24) is 10.1 Å². The van der Waals surface area contributed by atoms with Gasteiger partial charge in [0.05, 0.1) is 24.1 Å². The summed E-state index contributed by atoms with van der Waals surface area (Å²) in [6.07, 6.45) is 1.63. The van der Waals surface area contributed by atoms with Gasteiger partial charge in [0.15, 0.2) is 0 Å². The molecular weight excluding hydrogens is 282 g/mol. The number of esters is 1. The van der Waals surface area contributed by atoms with E-state index in [0.29, 0.717) is 23.6 Å². The number of methoxy groups -OCH3 is 1. The minimum Gasteiger partial charge on any atom is -0.465 e. The van der Waals surface area contributed by atoms with Crippen molar-refractivity contribution < 1.29 is 14.1 Å². The lowest BCUT2D eigenvalue weighted by atomic mass is 10.1. The summed E-state index contributed by atoms with van der Waals surface area (Å²) in [5, 5.41) is 7.35. The Morgan fingerprint density at radius 2 is 2.09 bits per heavy atom. The average Bonchev–Trinajstić information content (AvgIpc) is 2.94. The van der Waals surface area contributed by atoms with Crippen molar-refractivity contribution in [1.29, 1.82) is 0 Å². The molecule has 0 aliphatic rings. The van der Waals surface area contributed by atoms with Crippen molar-refractivity contribution in [3.8, 4) is 0 Å². The van der Waals surface area contributed by atoms with Gasteiger partial charge in [-0.2, -0.15) is 0 Å². The van der Waals surface area contributed by atoms with Crippen LogP contribution in [-0.4, -0.2) is 23.2 Å². The third kappa shape index (κ3) is 3.27. The second-order valence-corrected chi connectivity index (χ2v) is 4.91. The largest absolute Gasteiger partial charge is 0.465 e. The molecule has 2 aromatic rings. The molecule has 0 aromatic carbocycles. The van der Waals surface area contributed by atoms with Gasteiger partial charge in [0.2, 0.25) is 0 Å². The van der Waals surface area contributed by atoms with E-state index in [1.54, 1.807) is 19.1 Å². The number of carbonyl (C=O) groups excluding carboxylic acids is 1.